The van der Waals surface area contributed by atoms with E-state index in [-0.39, 0.29) is 36.0 Å². The molecule has 2 amide bonds. The molecule has 1 rings (SSSR count). The average molecular weight is 691 g/mol. The van der Waals surface area contributed by atoms with Crippen molar-refractivity contribution in [3.8, 4) is 0 Å². The summed E-state index contributed by atoms with van der Waals surface area (Å²) in [6.07, 6.45) is 2.86. The van der Waals surface area contributed by atoms with Crippen LogP contribution in [0.1, 0.15) is 53.4 Å². The third-order valence-electron chi connectivity index (χ3n) is 7.50. The maximum Gasteiger partial charge on any atom is 0.407 e. The fourth-order valence-electron chi connectivity index (χ4n) is 6.55. The Bertz CT molecular complexity index is 991. The minimum atomic E-state index is -2.46. The first kappa shape index (κ1) is 41.5. The largest absolute Gasteiger partial charge is 0.459 e. The molecule has 45 heavy (non-hydrogen) atoms. The number of ether oxygens (including phenoxy) is 4. The maximum absolute atomic E-state index is 13.3. The molecule has 0 radical (unpaired) electrons. The minimum absolute atomic E-state index is 0.00269. The van der Waals surface area contributed by atoms with Crippen LogP contribution in [0, 0.1) is 10.8 Å². The Morgan fingerprint density at radius 3 is 2.11 bits per heavy atom. The van der Waals surface area contributed by atoms with Gasteiger partial charge in [0.25, 0.3) is 0 Å². The molecule has 1 aliphatic carbocycles. The number of methoxy groups -OCH3 is 1. The van der Waals surface area contributed by atoms with Crippen molar-refractivity contribution >= 4 is 43.2 Å². The van der Waals surface area contributed by atoms with Gasteiger partial charge < -0.3 is 37.8 Å². The number of alkyl carbamates (subject to hydrolysis) is 1. The molecule has 0 aromatic carbocycles. The Hall–Kier alpha value is -1.56. The molecule has 0 spiro atoms. The van der Waals surface area contributed by atoms with Gasteiger partial charge in [-0.15, -0.1) is 0 Å². The van der Waals surface area contributed by atoms with Crippen LogP contribution in [0.5, 0.6) is 0 Å². The topological polar surface area (TPSA) is 131 Å². The Kier molecular flexibility index (Phi) is 16.7. The zero-order valence-electron chi connectivity index (χ0n) is 29.9. The van der Waals surface area contributed by atoms with Crippen LogP contribution in [0.2, 0.25) is 51.4 Å². The first-order valence-corrected chi connectivity index (χ1v) is 25.1. The quantitative estimate of drug-likeness (QED) is 0.0712. The van der Waals surface area contributed by atoms with E-state index < -0.39 is 37.3 Å². The van der Waals surface area contributed by atoms with E-state index in [1.807, 2.05) is 0 Å². The molecule has 11 nitrogen and oxygen atoms in total. The maximum atomic E-state index is 13.3. The molecule has 0 heterocycles. The van der Waals surface area contributed by atoms with E-state index >= 15 is 0 Å². The molecule has 0 aromatic heterocycles. The van der Waals surface area contributed by atoms with Gasteiger partial charge in [0.15, 0.2) is 16.6 Å². The lowest BCUT2D eigenvalue weighted by molar-refractivity contribution is -0.139. The van der Waals surface area contributed by atoms with E-state index in [0.29, 0.717) is 38.0 Å². The van der Waals surface area contributed by atoms with E-state index in [1.165, 1.54) is 0 Å². The van der Waals surface area contributed by atoms with Gasteiger partial charge in [0.05, 0.1) is 13.2 Å². The van der Waals surface area contributed by atoms with Crippen molar-refractivity contribution in [2.45, 2.75) is 111 Å². The van der Waals surface area contributed by atoms with Crippen LogP contribution in [0.3, 0.4) is 0 Å². The van der Waals surface area contributed by atoms with Gasteiger partial charge >= 0.3 is 20.6 Å². The summed E-state index contributed by atoms with van der Waals surface area (Å²) in [5, 5.41) is 6.15. The predicted octanol–water partition coefficient (Wildman–Crippen LogP) is 5.73. The standard InChI is InChI=1S/C31H62N2O9Si3/c1-25(2)28(35)39-17-18-40-29(36)32-24-31(5)21-26(20-30(3,4)23-31)33-27(34)22-44(9,10)42-45(11,12)41-43(7,8)19-13-14-38-16-15-37-6/h26H,1,13-24H2,2-12H3,(H,32,36)(H,33,34). The summed E-state index contributed by atoms with van der Waals surface area (Å²) in [6.45, 7) is 26.6. The van der Waals surface area contributed by atoms with E-state index in [0.717, 1.165) is 31.7 Å². The van der Waals surface area contributed by atoms with Gasteiger partial charge in [0, 0.05) is 37.9 Å². The third kappa shape index (κ3) is 18.4. The molecule has 0 aromatic rings. The van der Waals surface area contributed by atoms with Crippen LogP contribution in [-0.2, 0) is 36.8 Å². The molecular formula is C31H62N2O9Si3. The van der Waals surface area contributed by atoms with Gasteiger partial charge in [-0.25, -0.2) is 9.59 Å². The summed E-state index contributed by atoms with van der Waals surface area (Å²) in [5.41, 5.74) is 0.0346. The van der Waals surface area contributed by atoms with Crippen molar-refractivity contribution in [1.29, 1.82) is 0 Å². The summed E-state index contributed by atoms with van der Waals surface area (Å²) in [7, 11) is -5.13. The zero-order chi connectivity index (χ0) is 34.5. The number of hydrogen-bond acceptors (Lipinski definition) is 9. The van der Waals surface area contributed by atoms with Crippen molar-refractivity contribution in [3.63, 3.8) is 0 Å². The molecule has 2 unspecified atom stereocenters. The molecule has 2 N–H and O–H groups in total. The Morgan fingerprint density at radius 1 is 0.867 bits per heavy atom. The van der Waals surface area contributed by atoms with Gasteiger partial charge in [-0.05, 0) is 88.8 Å². The van der Waals surface area contributed by atoms with E-state index in [9.17, 15) is 14.4 Å². The molecule has 1 aliphatic rings. The Labute approximate surface area is 275 Å². The molecule has 262 valence electrons. The number of rotatable bonds is 20. The van der Waals surface area contributed by atoms with Crippen LogP contribution in [0.15, 0.2) is 12.2 Å². The highest BCUT2D eigenvalue weighted by molar-refractivity contribution is 6.88. The lowest BCUT2D eigenvalue weighted by Crippen LogP contribution is -2.54. The summed E-state index contributed by atoms with van der Waals surface area (Å²) in [5.74, 6) is -0.513. The number of esters is 1. The van der Waals surface area contributed by atoms with Gasteiger partial charge in [0.2, 0.25) is 5.91 Å². The molecule has 0 aliphatic heterocycles. The van der Waals surface area contributed by atoms with Crippen molar-refractivity contribution < 1.29 is 41.6 Å². The number of carbonyl (C=O) groups is 3. The minimum Gasteiger partial charge on any atom is -0.459 e. The Morgan fingerprint density at radius 2 is 1.49 bits per heavy atom. The van der Waals surface area contributed by atoms with Crippen molar-refractivity contribution in [2.24, 2.45) is 10.8 Å². The van der Waals surface area contributed by atoms with E-state index in [1.54, 1.807) is 14.0 Å². The first-order valence-electron chi connectivity index (χ1n) is 16.1. The smallest absolute Gasteiger partial charge is 0.407 e. The highest BCUT2D eigenvalue weighted by Crippen LogP contribution is 2.46. The van der Waals surface area contributed by atoms with Crippen LogP contribution < -0.4 is 10.6 Å². The molecule has 2 atom stereocenters. The van der Waals surface area contributed by atoms with Crippen LogP contribution in [0.25, 0.3) is 0 Å². The molecule has 0 saturated heterocycles. The summed E-state index contributed by atoms with van der Waals surface area (Å²) < 4.78 is 34.1. The molecular weight excluding hydrogens is 629 g/mol. The first-order chi connectivity index (χ1) is 20.6. The zero-order valence-corrected chi connectivity index (χ0v) is 32.9. The lowest BCUT2D eigenvalue weighted by atomic mass is 9.62. The van der Waals surface area contributed by atoms with Crippen molar-refractivity contribution in [3.05, 3.63) is 12.2 Å². The SMILES string of the molecule is C=C(C)C(=O)OCCOC(=O)NCC1(C)CC(NC(=O)C[Si](C)(C)O[Si](C)(C)O[Si](C)(C)CCCOCCOC)CC(C)(C)C1. The normalized spacial score (nSPS) is 20.3. The van der Waals surface area contributed by atoms with Gasteiger partial charge in [0.1, 0.15) is 13.2 Å². The van der Waals surface area contributed by atoms with Crippen LogP contribution in [0.4, 0.5) is 4.79 Å². The van der Waals surface area contributed by atoms with Gasteiger partial charge in [-0.1, -0.05) is 27.4 Å². The van der Waals surface area contributed by atoms with Crippen LogP contribution in [-0.4, -0.2) is 95.9 Å². The molecule has 0 bridgehead atoms. The second kappa shape index (κ2) is 18.1. The number of carbonyl (C=O) groups excluding carboxylic acids is 3. The molecule has 1 saturated carbocycles. The van der Waals surface area contributed by atoms with E-state index in [4.69, 9.17) is 27.2 Å². The monoisotopic (exact) mass is 690 g/mol. The summed E-state index contributed by atoms with van der Waals surface area (Å²) >= 11 is 0. The number of nitrogens with one attached hydrogen (secondary N) is 2. The second-order valence-corrected chi connectivity index (χ2v) is 27.6. The third-order valence-corrected chi connectivity index (χ3v) is 18.6. The highest BCUT2D eigenvalue weighted by atomic mass is 28.5. The van der Waals surface area contributed by atoms with Gasteiger partial charge in [-0.3, -0.25) is 4.79 Å². The number of hydrogen-bond donors (Lipinski definition) is 2. The fourth-order valence-corrected chi connectivity index (χ4v) is 20.3. The Balaban J connectivity index is 2.62. The highest BCUT2D eigenvalue weighted by Gasteiger charge is 2.44. The lowest BCUT2D eigenvalue weighted by Gasteiger charge is -2.47. The average Bonchev–Trinajstić information content (AvgIpc) is 2.84. The van der Waals surface area contributed by atoms with Crippen molar-refractivity contribution in [1.82, 2.24) is 10.6 Å². The molecule has 1 fully saturated rings. The number of amides is 2. The van der Waals surface area contributed by atoms with Crippen molar-refractivity contribution in [2.75, 3.05) is 46.7 Å². The summed E-state index contributed by atoms with van der Waals surface area (Å²) in [6, 6.07) is 1.32. The van der Waals surface area contributed by atoms with Crippen LogP contribution >= 0.6 is 0 Å². The van der Waals surface area contributed by atoms with Gasteiger partial charge in [-0.2, -0.15) is 0 Å². The predicted molar refractivity (Wildman–Crippen MR) is 184 cm³/mol. The van der Waals surface area contributed by atoms with E-state index in [2.05, 4.69) is 77.3 Å². The summed E-state index contributed by atoms with van der Waals surface area (Å²) in [4.78, 5) is 37.1. The fraction of sp³-hybridized carbons (Fsp3) is 0.839. The molecule has 14 heteroatoms. The second-order valence-electron chi connectivity index (χ2n) is 15.2.